The molecule has 5 nitrogen and oxygen atoms in total. The Kier molecular flexibility index (Phi) is 3.38. The number of carbonyl (C=O) groups is 1. The van der Waals surface area contributed by atoms with E-state index in [0.29, 0.717) is 0 Å². The molecule has 1 fully saturated rings. The molecule has 0 saturated carbocycles. The smallest absolute Gasteiger partial charge is 0.360 e. The fourth-order valence-electron chi connectivity index (χ4n) is 1.84. The van der Waals surface area contributed by atoms with Gasteiger partial charge in [0.2, 0.25) is 0 Å². The molecule has 88 valence electrons. The van der Waals surface area contributed by atoms with E-state index in [1.807, 2.05) is 11.8 Å². The molecule has 1 N–H and O–H groups in total. The van der Waals surface area contributed by atoms with E-state index in [1.165, 1.54) is 13.3 Å². The average molecular weight is 242 g/mol. The van der Waals surface area contributed by atoms with Crippen LogP contribution in [-0.2, 0) is 4.74 Å². The van der Waals surface area contributed by atoms with Crippen LogP contribution in [-0.4, -0.2) is 39.5 Å². The number of rotatable bonds is 2. The van der Waals surface area contributed by atoms with Crippen molar-refractivity contribution in [2.75, 3.05) is 18.6 Å². The van der Waals surface area contributed by atoms with Crippen LogP contribution in [0.25, 0.3) is 0 Å². The Morgan fingerprint density at radius 2 is 2.56 bits per heavy atom. The topological polar surface area (TPSA) is 64.3 Å². The first kappa shape index (κ1) is 11.3. The van der Waals surface area contributed by atoms with Gasteiger partial charge in [0, 0.05) is 5.75 Å². The minimum absolute atomic E-state index is 0.109. The summed E-state index contributed by atoms with van der Waals surface area (Å²) in [4.78, 5) is 11.5. The maximum absolute atomic E-state index is 11.5. The number of methoxy groups -OCH3 is 1. The first-order valence-corrected chi connectivity index (χ1v) is 6.32. The average Bonchev–Trinajstić information content (AvgIpc) is 2.71. The van der Waals surface area contributed by atoms with Crippen molar-refractivity contribution in [2.45, 2.75) is 18.9 Å². The van der Waals surface area contributed by atoms with Gasteiger partial charge in [-0.2, -0.15) is 16.9 Å². The van der Waals surface area contributed by atoms with Crippen molar-refractivity contribution in [3.63, 3.8) is 0 Å². The van der Waals surface area contributed by atoms with Gasteiger partial charge in [0.1, 0.15) is 0 Å². The van der Waals surface area contributed by atoms with Gasteiger partial charge in [-0.25, -0.2) is 4.79 Å². The molecule has 2 rings (SSSR count). The lowest BCUT2D eigenvalue weighted by atomic mass is 10.2. The molecule has 0 amide bonds. The van der Waals surface area contributed by atoms with Gasteiger partial charge in [-0.15, -0.1) is 0 Å². The lowest BCUT2D eigenvalue weighted by molar-refractivity contribution is 0.0580. The van der Waals surface area contributed by atoms with Crippen LogP contribution in [0.2, 0.25) is 0 Å². The molecule has 0 radical (unpaired) electrons. The molecule has 16 heavy (non-hydrogen) atoms. The predicted octanol–water partition coefficient (Wildman–Crippen LogP) is 1.44. The van der Waals surface area contributed by atoms with E-state index in [0.717, 1.165) is 24.3 Å². The van der Waals surface area contributed by atoms with Gasteiger partial charge in [-0.1, -0.05) is 0 Å². The summed E-state index contributed by atoms with van der Waals surface area (Å²) in [6.45, 7) is 0. The molecule has 1 aliphatic rings. The Labute approximate surface area is 97.8 Å². The second-order valence-corrected chi connectivity index (χ2v) is 4.84. The quantitative estimate of drug-likeness (QED) is 0.795. The molecular weight excluding hydrogens is 228 g/mol. The van der Waals surface area contributed by atoms with Gasteiger partial charge in [-0.3, -0.25) is 4.68 Å². The number of aromatic hydroxyl groups is 1. The third-order valence-corrected chi connectivity index (χ3v) is 3.83. The first-order chi connectivity index (χ1) is 7.74. The van der Waals surface area contributed by atoms with Crippen LogP contribution in [0.5, 0.6) is 5.75 Å². The SMILES string of the molecule is COC(=O)c1c(O)cnn1C1CCCSC1. The van der Waals surface area contributed by atoms with Gasteiger partial charge in [0.25, 0.3) is 0 Å². The zero-order chi connectivity index (χ0) is 11.5. The summed E-state index contributed by atoms with van der Waals surface area (Å²) in [7, 11) is 1.30. The Hall–Kier alpha value is -1.17. The molecule has 1 aliphatic heterocycles. The van der Waals surface area contributed by atoms with Crippen molar-refractivity contribution in [1.82, 2.24) is 9.78 Å². The molecule has 0 spiro atoms. The normalized spacial score (nSPS) is 20.7. The number of thioether (sulfide) groups is 1. The summed E-state index contributed by atoms with van der Waals surface area (Å²) in [5.41, 5.74) is 0.162. The minimum Gasteiger partial charge on any atom is -0.504 e. The molecule has 1 aromatic rings. The Bertz CT molecular complexity index is 385. The number of aromatic nitrogens is 2. The molecule has 1 unspecified atom stereocenters. The minimum atomic E-state index is -0.537. The molecule has 2 heterocycles. The van der Waals surface area contributed by atoms with E-state index in [-0.39, 0.29) is 17.5 Å². The van der Waals surface area contributed by atoms with E-state index in [4.69, 9.17) is 0 Å². The van der Waals surface area contributed by atoms with E-state index in [2.05, 4.69) is 9.84 Å². The van der Waals surface area contributed by atoms with Gasteiger partial charge < -0.3 is 9.84 Å². The molecule has 6 heteroatoms. The number of ether oxygens (including phenoxy) is 1. The number of hydrogen-bond acceptors (Lipinski definition) is 5. The highest BCUT2D eigenvalue weighted by molar-refractivity contribution is 7.99. The number of hydrogen-bond donors (Lipinski definition) is 1. The molecule has 0 aromatic carbocycles. The number of carbonyl (C=O) groups excluding carboxylic acids is 1. The third kappa shape index (κ3) is 2.02. The molecule has 1 atom stereocenters. The summed E-state index contributed by atoms with van der Waals surface area (Å²) in [5, 5.41) is 13.6. The Morgan fingerprint density at radius 1 is 1.75 bits per heavy atom. The van der Waals surface area contributed by atoms with Crippen molar-refractivity contribution in [2.24, 2.45) is 0 Å². The van der Waals surface area contributed by atoms with Crippen LogP contribution >= 0.6 is 11.8 Å². The van der Waals surface area contributed by atoms with Crippen molar-refractivity contribution in [1.29, 1.82) is 0 Å². The Morgan fingerprint density at radius 3 is 3.19 bits per heavy atom. The monoisotopic (exact) mass is 242 g/mol. The number of esters is 1. The second-order valence-electron chi connectivity index (χ2n) is 3.69. The van der Waals surface area contributed by atoms with E-state index < -0.39 is 5.97 Å². The van der Waals surface area contributed by atoms with Crippen LogP contribution in [0.15, 0.2) is 6.20 Å². The van der Waals surface area contributed by atoms with Crippen LogP contribution in [0, 0.1) is 0 Å². The standard InChI is InChI=1S/C10H14N2O3S/c1-15-10(14)9-8(13)5-11-12(9)7-3-2-4-16-6-7/h5,7,13H,2-4,6H2,1H3. The summed E-state index contributed by atoms with van der Waals surface area (Å²) in [6, 6.07) is 0.175. The summed E-state index contributed by atoms with van der Waals surface area (Å²) in [5.74, 6) is 1.43. The molecule has 0 aliphatic carbocycles. The molecular formula is C10H14N2O3S. The van der Waals surface area contributed by atoms with Gasteiger partial charge in [-0.05, 0) is 18.6 Å². The zero-order valence-corrected chi connectivity index (χ0v) is 9.87. The van der Waals surface area contributed by atoms with Crippen molar-refractivity contribution in [3.8, 4) is 5.75 Å². The highest BCUT2D eigenvalue weighted by Crippen LogP contribution is 2.30. The maximum atomic E-state index is 11.5. The van der Waals surface area contributed by atoms with Gasteiger partial charge in [0.05, 0.1) is 19.3 Å². The zero-order valence-electron chi connectivity index (χ0n) is 9.05. The van der Waals surface area contributed by atoms with E-state index in [1.54, 1.807) is 4.68 Å². The van der Waals surface area contributed by atoms with Crippen LogP contribution < -0.4 is 0 Å². The van der Waals surface area contributed by atoms with Crippen molar-refractivity contribution < 1.29 is 14.6 Å². The van der Waals surface area contributed by atoms with Crippen LogP contribution in [0.4, 0.5) is 0 Å². The van der Waals surface area contributed by atoms with Gasteiger partial charge >= 0.3 is 5.97 Å². The summed E-state index contributed by atoms with van der Waals surface area (Å²) in [6.07, 6.45) is 3.39. The predicted molar refractivity (Wildman–Crippen MR) is 60.8 cm³/mol. The second kappa shape index (κ2) is 4.78. The largest absolute Gasteiger partial charge is 0.504 e. The van der Waals surface area contributed by atoms with Crippen molar-refractivity contribution >= 4 is 17.7 Å². The summed E-state index contributed by atoms with van der Waals surface area (Å²) < 4.78 is 6.23. The maximum Gasteiger partial charge on any atom is 0.360 e. The summed E-state index contributed by atoms with van der Waals surface area (Å²) >= 11 is 1.84. The molecule has 0 bridgehead atoms. The highest BCUT2D eigenvalue weighted by Gasteiger charge is 2.25. The van der Waals surface area contributed by atoms with E-state index >= 15 is 0 Å². The lowest BCUT2D eigenvalue weighted by Gasteiger charge is -2.22. The highest BCUT2D eigenvalue weighted by atomic mass is 32.2. The molecule has 1 saturated heterocycles. The van der Waals surface area contributed by atoms with Gasteiger partial charge in [0.15, 0.2) is 11.4 Å². The molecule has 1 aromatic heterocycles. The van der Waals surface area contributed by atoms with Crippen molar-refractivity contribution in [3.05, 3.63) is 11.9 Å². The lowest BCUT2D eigenvalue weighted by Crippen LogP contribution is -2.22. The fraction of sp³-hybridized carbons (Fsp3) is 0.600. The van der Waals surface area contributed by atoms with Crippen LogP contribution in [0.3, 0.4) is 0 Å². The van der Waals surface area contributed by atoms with E-state index in [9.17, 15) is 9.90 Å². The third-order valence-electron chi connectivity index (χ3n) is 2.64. The number of nitrogens with zero attached hydrogens (tertiary/aromatic N) is 2. The first-order valence-electron chi connectivity index (χ1n) is 5.16. The fourth-order valence-corrected chi connectivity index (χ4v) is 2.96. The van der Waals surface area contributed by atoms with Crippen LogP contribution in [0.1, 0.15) is 29.4 Å². The Balaban J connectivity index is 2.29.